The Morgan fingerprint density at radius 3 is 2.86 bits per heavy atom. The lowest BCUT2D eigenvalue weighted by molar-refractivity contribution is -0.139. The van der Waals surface area contributed by atoms with Crippen molar-refractivity contribution in [2.75, 3.05) is 0 Å². The first-order chi connectivity index (χ1) is 9.93. The molecule has 0 saturated heterocycles. The van der Waals surface area contributed by atoms with E-state index in [1.165, 1.54) is 6.20 Å². The van der Waals surface area contributed by atoms with Crippen LogP contribution in [0.2, 0.25) is 0 Å². The molecule has 21 heavy (non-hydrogen) atoms. The van der Waals surface area contributed by atoms with Crippen molar-refractivity contribution in [2.24, 2.45) is 0 Å². The Labute approximate surface area is 121 Å². The van der Waals surface area contributed by atoms with Crippen molar-refractivity contribution in [3.63, 3.8) is 0 Å². The highest BCUT2D eigenvalue weighted by atomic mass is 16.4. The number of amides is 1. The van der Waals surface area contributed by atoms with Crippen LogP contribution in [0.25, 0.3) is 5.65 Å². The van der Waals surface area contributed by atoms with Crippen molar-refractivity contribution in [3.05, 3.63) is 29.2 Å². The molecule has 1 unspecified atom stereocenters. The van der Waals surface area contributed by atoms with E-state index < -0.39 is 17.9 Å². The van der Waals surface area contributed by atoms with E-state index in [4.69, 9.17) is 11.5 Å². The van der Waals surface area contributed by atoms with Crippen LogP contribution in [-0.4, -0.2) is 37.6 Å². The van der Waals surface area contributed by atoms with E-state index in [0.717, 1.165) is 5.69 Å². The quantitative estimate of drug-likeness (QED) is 0.800. The van der Waals surface area contributed by atoms with Crippen LogP contribution in [0.3, 0.4) is 0 Å². The minimum atomic E-state index is -1.18. The van der Waals surface area contributed by atoms with Gasteiger partial charge in [0, 0.05) is 18.7 Å². The van der Waals surface area contributed by atoms with Gasteiger partial charge in [-0.2, -0.15) is 5.10 Å². The number of carbonyl (C=O) groups is 2. The van der Waals surface area contributed by atoms with Crippen molar-refractivity contribution in [1.29, 1.82) is 0 Å². The number of fused-ring (bicyclic) bond motifs is 1. The number of terminal acetylenes is 1. The summed E-state index contributed by atoms with van der Waals surface area (Å²) in [6.07, 6.45) is 6.41. The summed E-state index contributed by atoms with van der Waals surface area (Å²) in [7, 11) is 0. The van der Waals surface area contributed by atoms with E-state index in [0.29, 0.717) is 11.3 Å². The maximum Gasteiger partial charge on any atom is 0.327 e. The lowest BCUT2D eigenvalue weighted by atomic mass is 10.1. The molecule has 2 aromatic heterocycles. The Kier molecular flexibility index (Phi) is 3.89. The minimum Gasteiger partial charge on any atom is -0.480 e. The zero-order valence-electron chi connectivity index (χ0n) is 11.6. The fraction of sp³-hybridized carbons (Fsp3) is 0.286. The number of carboxylic acids is 1. The molecule has 2 rings (SSSR count). The summed E-state index contributed by atoms with van der Waals surface area (Å²) in [5.41, 5.74) is 2.24. The smallest absolute Gasteiger partial charge is 0.327 e. The number of hydrogen-bond acceptors (Lipinski definition) is 4. The Balaban J connectivity index is 2.33. The standard InChI is InChI=1S/C14H14N4O3/c1-4-5-11(14(20)21)16-13(19)10-7-15-12-6-8(2)17-18(12)9(10)3/h1,6-7,11H,5H2,2-3H3,(H,16,19)(H,20,21). The van der Waals surface area contributed by atoms with Crippen molar-refractivity contribution < 1.29 is 14.7 Å². The molecule has 1 amide bonds. The second-order valence-electron chi connectivity index (χ2n) is 4.59. The van der Waals surface area contributed by atoms with Crippen molar-refractivity contribution >= 4 is 17.5 Å². The molecule has 0 radical (unpaired) electrons. The molecule has 1 atom stereocenters. The van der Waals surface area contributed by atoms with E-state index in [9.17, 15) is 9.59 Å². The largest absolute Gasteiger partial charge is 0.480 e. The molecule has 0 aliphatic carbocycles. The predicted octanol–water partition coefficient (Wildman–Crippen LogP) is 0.552. The Bertz CT molecular complexity index is 757. The lowest BCUT2D eigenvalue weighted by Gasteiger charge is -2.13. The molecule has 108 valence electrons. The zero-order valence-corrected chi connectivity index (χ0v) is 11.6. The second-order valence-corrected chi connectivity index (χ2v) is 4.59. The topological polar surface area (TPSA) is 96.6 Å². The number of carboxylic acid groups (broad SMARTS) is 1. The molecule has 0 spiro atoms. The molecular formula is C14H14N4O3. The van der Waals surface area contributed by atoms with E-state index in [1.807, 2.05) is 6.92 Å². The van der Waals surface area contributed by atoms with Gasteiger partial charge in [0.15, 0.2) is 5.65 Å². The average molecular weight is 286 g/mol. The summed E-state index contributed by atoms with van der Waals surface area (Å²) >= 11 is 0. The molecule has 2 aromatic rings. The molecule has 0 aliphatic heterocycles. The fourth-order valence-corrected chi connectivity index (χ4v) is 1.94. The molecule has 0 fully saturated rings. The maximum atomic E-state index is 12.2. The molecule has 2 heterocycles. The number of nitrogens with zero attached hydrogens (tertiary/aromatic N) is 3. The highest BCUT2D eigenvalue weighted by molar-refractivity contribution is 5.97. The van der Waals surface area contributed by atoms with Crippen LogP contribution >= 0.6 is 0 Å². The number of rotatable bonds is 4. The van der Waals surface area contributed by atoms with Crippen molar-refractivity contribution in [3.8, 4) is 12.3 Å². The van der Waals surface area contributed by atoms with E-state index in [2.05, 4.69) is 21.3 Å². The Hall–Kier alpha value is -2.88. The van der Waals surface area contributed by atoms with Crippen LogP contribution in [0.4, 0.5) is 0 Å². The third kappa shape index (κ3) is 2.84. The van der Waals surface area contributed by atoms with Crippen LogP contribution in [0.5, 0.6) is 0 Å². The lowest BCUT2D eigenvalue weighted by Crippen LogP contribution is -2.41. The van der Waals surface area contributed by atoms with E-state index >= 15 is 0 Å². The predicted molar refractivity (Wildman–Crippen MR) is 74.8 cm³/mol. The molecule has 7 nitrogen and oxygen atoms in total. The molecule has 0 aliphatic rings. The summed E-state index contributed by atoms with van der Waals surface area (Å²) in [4.78, 5) is 27.3. The maximum absolute atomic E-state index is 12.2. The van der Waals surface area contributed by atoms with Crippen LogP contribution in [0.1, 0.15) is 28.2 Å². The molecule has 0 bridgehead atoms. The first-order valence-corrected chi connectivity index (χ1v) is 6.23. The molecular weight excluding hydrogens is 272 g/mol. The molecule has 0 saturated carbocycles. The number of aryl methyl sites for hydroxylation is 2. The van der Waals surface area contributed by atoms with Gasteiger partial charge in [-0.05, 0) is 13.8 Å². The van der Waals surface area contributed by atoms with Gasteiger partial charge in [0.2, 0.25) is 0 Å². The number of aliphatic carboxylic acids is 1. The van der Waals surface area contributed by atoms with Gasteiger partial charge in [0.25, 0.3) is 5.91 Å². The summed E-state index contributed by atoms with van der Waals surface area (Å²) in [5, 5.41) is 15.6. The SMILES string of the molecule is C#CCC(NC(=O)c1cnc2cc(C)nn2c1C)C(=O)O. The number of nitrogens with one attached hydrogen (secondary N) is 1. The van der Waals surface area contributed by atoms with Crippen LogP contribution in [-0.2, 0) is 4.79 Å². The van der Waals surface area contributed by atoms with Crippen molar-refractivity contribution in [1.82, 2.24) is 19.9 Å². The Morgan fingerprint density at radius 2 is 2.24 bits per heavy atom. The number of hydrogen-bond donors (Lipinski definition) is 2. The van der Waals surface area contributed by atoms with Crippen LogP contribution in [0.15, 0.2) is 12.3 Å². The number of aromatic nitrogens is 3. The first-order valence-electron chi connectivity index (χ1n) is 6.23. The minimum absolute atomic E-state index is 0.0866. The highest BCUT2D eigenvalue weighted by Gasteiger charge is 2.21. The normalized spacial score (nSPS) is 11.9. The van der Waals surface area contributed by atoms with Gasteiger partial charge in [-0.15, -0.1) is 12.3 Å². The van der Waals surface area contributed by atoms with Crippen molar-refractivity contribution in [2.45, 2.75) is 26.3 Å². The molecule has 0 aromatic carbocycles. The number of carbonyl (C=O) groups excluding carboxylic acids is 1. The van der Waals surface area contributed by atoms with E-state index in [1.54, 1.807) is 17.5 Å². The third-order valence-corrected chi connectivity index (χ3v) is 3.02. The van der Waals surface area contributed by atoms with Gasteiger partial charge in [-0.25, -0.2) is 14.3 Å². The first kappa shape index (κ1) is 14.5. The monoisotopic (exact) mass is 286 g/mol. The van der Waals surface area contributed by atoms with Crippen LogP contribution in [0, 0.1) is 26.2 Å². The molecule has 2 N–H and O–H groups in total. The highest BCUT2D eigenvalue weighted by Crippen LogP contribution is 2.11. The van der Waals surface area contributed by atoms with Crippen LogP contribution < -0.4 is 5.32 Å². The summed E-state index contributed by atoms with van der Waals surface area (Å²) in [5.74, 6) is 0.503. The summed E-state index contributed by atoms with van der Waals surface area (Å²) < 4.78 is 1.54. The van der Waals surface area contributed by atoms with Gasteiger partial charge in [0.1, 0.15) is 6.04 Å². The average Bonchev–Trinajstić information content (AvgIpc) is 2.80. The van der Waals surface area contributed by atoms with Gasteiger partial charge in [-0.1, -0.05) is 0 Å². The van der Waals surface area contributed by atoms with Gasteiger partial charge < -0.3 is 10.4 Å². The van der Waals surface area contributed by atoms with E-state index in [-0.39, 0.29) is 12.0 Å². The second kappa shape index (κ2) is 5.63. The van der Waals surface area contributed by atoms with Gasteiger partial charge in [0.05, 0.1) is 17.0 Å². The third-order valence-electron chi connectivity index (χ3n) is 3.02. The zero-order chi connectivity index (χ0) is 15.6. The Morgan fingerprint density at radius 1 is 1.52 bits per heavy atom. The summed E-state index contributed by atoms with van der Waals surface area (Å²) in [6, 6.07) is 0.657. The van der Waals surface area contributed by atoms with Gasteiger partial charge in [-0.3, -0.25) is 4.79 Å². The molecule has 7 heteroatoms. The fourth-order valence-electron chi connectivity index (χ4n) is 1.94. The van der Waals surface area contributed by atoms with Gasteiger partial charge >= 0.3 is 5.97 Å². The summed E-state index contributed by atoms with van der Waals surface area (Å²) in [6.45, 7) is 3.54.